The van der Waals surface area contributed by atoms with Crippen LogP contribution in [0.15, 0.2) is 79.1 Å². The minimum Gasteiger partial charge on any atom is -0.352 e. The molecule has 0 spiro atoms. The fourth-order valence-corrected chi connectivity index (χ4v) is 3.70. The van der Waals surface area contributed by atoms with Crippen LogP contribution >= 0.6 is 11.6 Å². The van der Waals surface area contributed by atoms with Gasteiger partial charge in [-0.1, -0.05) is 41.9 Å². The first kappa shape index (κ1) is 23.2. The Bertz CT molecular complexity index is 1270. The van der Waals surface area contributed by atoms with Crippen molar-refractivity contribution >= 4 is 29.2 Å². The Kier molecular flexibility index (Phi) is 7.34. The molecule has 2 heterocycles. The highest BCUT2D eigenvalue weighted by Crippen LogP contribution is 2.33. The standard InChI is InChI=1S/C26H24ClN5O2/c1-18-25(20-5-3-2-4-6-20)26(32(31-18)22-9-7-21(27)8-10-22)30-24(34)12-11-23(33)29-17-19-13-15-28-16-14-19/h2-10,13-16H,11-12,17H2,1H3,(H,29,33)(H,30,34). The summed E-state index contributed by atoms with van der Waals surface area (Å²) in [6.07, 6.45) is 3.46. The van der Waals surface area contributed by atoms with E-state index in [-0.39, 0.29) is 24.7 Å². The number of halogens is 1. The van der Waals surface area contributed by atoms with Gasteiger partial charge in [0.05, 0.1) is 11.4 Å². The first-order valence-corrected chi connectivity index (χ1v) is 11.3. The maximum atomic E-state index is 12.9. The van der Waals surface area contributed by atoms with Crippen molar-refractivity contribution in [1.29, 1.82) is 0 Å². The average molecular weight is 474 g/mol. The second-order valence-electron chi connectivity index (χ2n) is 7.74. The van der Waals surface area contributed by atoms with E-state index in [0.29, 0.717) is 17.4 Å². The zero-order valence-electron chi connectivity index (χ0n) is 18.7. The second-order valence-corrected chi connectivity index (χ2v) is 8.18. The summed E-state index contributed by atoms with van der Waals surface area (Å²) in [4.78, 5) is 29.1. The number of anilines is 1. The van der Waals surface area contributed by atoms with Gasteiger partial charge in [-0.2, -0.15) is 5.10 Å². The maximum Gasteiger partial charge on any atom is 0.226 e. The van der Waals surface area contributed by atoms with E-state index in [1.54, 1.807) is 29.2 Å². The number of nitrogens with zero attached hydrogens (tertiary/aromatic N) is 3. The van der Waals surface area contributed by atoms with Gasteiger partial charge in [0.25, 0.3) is 0 Å². The lowest BCUT2D eigenvalue weighted by molar-refractivity contribution is -0.124. The third-order valence-corrected chi connectivity index (χ3v) is 5.52. The highest BCUT2D eigenvalue weighted by molar-refractivity contribution is 6.30. The summed E-state index contributed by atoms with van der Waals surface area (Å²) in [5, 5.41) is 11.1. The van der Waals surface area contributed by atoms with Crippen LogP contribution in [-0.4, -0.2) is 26.6 Å². The molecule has 4 rings (SSSR count). The molecule has 0 aliphatic heterocycles. The topological polar surface area (TPSA) is 88.9 Å². The van der Waals surface area contributed by atoms with Gasteiger partial charge in [-0.25, -0.2) is 4.68 Å². The molecule has 0 radical (unpaired) electrons. The van der Waals surface area contributed by atoms with Gasteiger partial charge in [0.1, 0.15) is 5.82 Å². The Labute approximate surface area is 202 Å². The van der Waals surface area contributed by atoms with Gasteiger partial charge in [0, 0.05) is 42.4 Å². The fourth-order valence-electron chi connectivity index (χ4n) is 3.57. The number of hydrogen-bond donors (Lipinski definition) is 2. The summed E-state index contributed by atoms with van der Waals surface area (Å²) in [7, 11) is 0. The van der Waals surface area contributed by atoms with Gasteiger partial charge >= 0.3 is 0 Å². The van der Waals surface area contributed by atoms with Crippen molar-refractivity contribution in [3.63, 3.8) is 0 Å². The lowest BCUT2D eigenvalue weighted by Gasteiger charge is -2.12. The molecule has 8 heteroatoms. The predicted molar refractivity (Wildman–Crippen MR) is 133 cm³/mol. The molecule has 2 amide bonds. The Morgan fingerprint density at radius 3 is 2.29 bits per heavy atom. The summed E-state index contributed by atoms with van der Waals surface area (Å²) in [6.45, 7) is 2.29. The largest absolute Gasteiger partial charge is 0.352 e. The van der Waals surface area contributed by atoms with Crippen molar-refractivity contribution < 1.29 is 9.59 Å². The number of amides is 2. The van der Waals surface area contributed by atoms with E-state index < -0.39 is 0 Å². The molecule has 0 fully saturated rings. The molecule has 7 nitrogen and oxygen atoms in total. The van der Waals surface area contributed by atoms with Gasteiger partial charge in [0.15, 0.2) is 0 Å². The van der Waals surface area contributed by atoms with Crippen LogP contribution in [0.5, 0.6) is 0 Å². The second kappa shape index (κ2) is 10.8. The summed E-state index contributed by atoms with van der Waals surface area (Å²) in [6, 6.07) is 20.6. The number of nitrogens with one attached hydrogen (secondary N) is 2. The molecule has 2 N–H and O–H groups in total. The number of hydrogen-bond acceptors (Lipinski definition) is 4. The Hall–Kier alpha value is -3.97. The lowest BCUT2D eigenvalue weighted by Crippen LogP contribution is -2.24. The van der Waals surface area contributed by atoms with E-state index in [9.17, 15) is 9.59 Å². The van der Waals surface area contributed by atoms with Crippen LogP contribution in [0.2, 0.25) is 5.02 Å². The Morgan fingerprint density at radius 2 is 1.59 bits per heavy atom. The Balaban J connectivity index is 1.51. The van der Waals surface area contributed by atoms with Gasteiger partial charge < -0.3 is 10.6 Å². The van der Waals surface area contributed by atoms with Gasteiger partial charge in [-0.05, 0) is 54.4 Å². The summed E-state index contributed by atoms with van der Waals surface area (Å²) in [5.74, 6) is 0.0807. The van der Waals surface area contributed by atoms with Crippen molar-refractivity contribution in [3.05, 3.63) is 95.4 Å². The van der Waals surface area contributed by atoms with Crippen LogP contribution in [0.1, 0.15) is 24.1 Å². The van der Waals surface area contributed by atoms with Crippen LogP contribution in [0.25, 0.3) is 16.8 Å². The third kappa shape index (κ3) is 5.68. The first-order chi connectivity index (χ1) is 16.5. The van der Waals surface area contributed by atoms with Gasteiger partial charge in [0.2, 0.25) is 11.8 Å². The minimum atomic E-state index is -0.272. The van der Waals surface area contributed by atoms with Crippen LogP contribution in [0.3, 0.4) is 0 Å². The smallest absolute Gasteiger partial charge is 0.226 e. The normalized spacial score (nSPS) is 10.6. The van der Waals surface area contributed by atoms with E-state index in [4.69, 9.17) is 11.6 Å². The molecule has 172 valence electrons. The zero-order valence-corrected chi connectivity index (χ0v) is 19.4. The molecule has 0 saturated carbocycles. The predicted octanol–water partition coefficient (Wildman–Crippen LogP) is 4.93. The van der Waals surface area contributed by atoms with Gasteiger partial charge in [-0.3, -0.25) is 14.6 Å². The van der Waals surface area contributed by atoms with Gasteiger partial charge in [-0.15, -0.1) is 0 Å². The number of benzene rings is 2. The number of carbonyl (C=O) groups is 2. The number of carbonyl (C=O) groups excluding carboxylic acids is 2. The van der Waals surface area contributed by atoms with Crippen molar-refractivity contribution in [2.45, 2.75) is 26.3 Å². The van der Waals surface area contributed by atoms with Crippen molar-refractivity contribution in [3.8, 4) is 16.8 Å². The van der Waals surface area contributed by atoms with Crippen molar-refractivity contribution in [2.75, 3.05) is 5.32 Å². The molecule has 34 heavy (non-hydrogen) atoms. The van der Waals surface area contributed by atoms with Crippen LogP contribution < -0.4 is 10.6 Å². The molecule has 2 aromatic heterocycles. The summed E-state index contributed by atoms with van der Waals surface area (Å²) < 4.78 is 1.69. The maximum absolute atomic E-state index is 12.9. The van der Waals surface area contributed by atoms with E-state index in [1.165, 1.54) is 0 Å². The third-order valence-electron chi connectivity index (χ3n) is 5.27. The highest BCUT2D eigenvalue weighted by Gasteiger charge is 2.20. The zero-order chi connectivity index (χ0) is 23.9. The molecular formula is C26H24ClN5O2. The molecule has 0 atom stereocenters. The van der Waals surface area contributed by atoms with E-state index in [0.717, 1.165) is 28.1 Å². The van der Waals surface area contributed by atoms with E-state index >= 15 is 0 Å². The molecular weight excluding hydrogens is 450 g/mol. The molecule has 4 aromatic rings. The number of aryl methyl sites for hydroxylation is 1. The highest BCUT2D eigenvalue weighted by atomic mass is 35.5. The molecule has 2 aromatic carbocycles. The SMILES string of the molecule is Cc1nn(-c2ccc(Cl)cc2)c(NC(=O)CCC(=O)NCc2ccncc2)c1-c1ccccc1. The van der Waals surface area contributed by atoms with Crippen molar-refractivity contribution in [1.82, 2.24) is 20.1 Å². The summed E-state index contributed by atoms with van der Waals surface area (Å²) >= 11 is 6.05. The summed E-state index contributed by atoms with van der Waals surface area (Å²) in [5.41, 5.74) is 4.24. The molecule has 0 aliphatic carbocycles. The lowest BCUT2D eigenvalue weighted by atomic mass is 10.1. The number of aromatic nitrogens is 3. The molecule has 0 bridgehead atoms. The average Bonchev–Trinajstić information content (AvgIpc) is 3.18. The van der Waals surface area contributed by atoms with Crippen LogP contribution in [-0.2, 0) is 16.1 Å². The monoisotopic (exact) mass is 473 g/mol. The number of rotatable bonds is 8. The van der Waals surface area contributed by atoms with Crippen LogP contribution in [0.4, 0.5) is 5.82 Å². The van der Waals surface area contributed by atoms with E-state index in [1.807, 2.05) is 61.5 Å². The molecule has 0 saturated heterocycles. The molecule has 0 unspecified atom stereocenters. The quantitative estimate of drug-likeness (QED) is 0.379. The number of pyridine rings is 1. The fraction of sp³-hybridized carbons (Fsp3) is 0.154. The van der Waals surface area contributed by atoms with Crippen LogP contribution in [0, 0.1) is 6.92 Å². The van der Waals surface area contributed by atoms with E-state index in [2.05, 4.69) is 20.7 Å². The first-order valence-electron chi connectivity index (χ1n) is 10.9. The molecule has 0 aliphatic rings. The Morgan fingerprint density at radius 1 is 0.912 bits per heavy atom. The van der Waals surface area contributed by atoms with Crippen molar-refractivity contribution in [2.24, 2.45) is 0 Å². The minimum absolute atomic E-state index is 0.0429.